The molecular formula is C13H15N3O2. The van der Waals surface area contributed by atoms with E-state index in [1.807, 2.05) is 0 Å². The number of aromatic carboxylic acids is 1. The predicted molar refractivity (Wildman–Crippen MR) is 66.4 cm³/mol. The van der Waals surface area contributed by atoms with Crippen molar-refractivity contribution in [2.45, 2.75) is 32.2 Å². The Hall–Kier alpha value is -1.91. The van der Waals surface area contributed by atoms with E-state index < -0.39 is 5.97 Å². The Labute approximate surface area is 104 Å². The van der Waals surface area contributed by atoms with Crippen LogP contribution < -0.4 is 0 Å². The van der Waals surface area contributed by atoms with E-state index in [-0.39, 0.29) is 5.56 Å². The Balaban J connectivity index is 1.93. The van der Waals surface area contributed by atoms with Crippen molar-refractivity contribution < 1.29 is 9.90 Å². The van der Waals surface area contributed by atoms with E-state index in [1.54, 1.807) is 22.9 Å². The molecule has 0 unspecified atom stereocenters. The van der Waals surface area contributed by atoms with Gasteiger partial charge in [0.15, 0.2) is 0 Å². The first-order chi connectivity index (χ1) is 8.75. The lowest BCUT2D eigenvalue weighted by Crippen LogP contribution is -2.15. The number of benzene rings is 1. The van der Waals surface area contributed by atoms with Crippen molar-refractivity contribution in [1.82, 2.24) is 15.0 Å². The lowest BCUT2D eigenvalue weighted by atomic mass is 9.83. The first kappa shape index (κ1) is 11.2. The summed E-state index contributed by atoms with van der Waals surface area (Å²) in [4.78, 5) is 11.2. The van der Waals surface area contributed by atoms with Gasteiger partial charge >= 0.3 is 5.97 Å². The molecule has 94 valence electrons. The van der Waals surface area contributed by atoms with Crippen molar-refractivity contribution in [2.75, 3.05) is 0 Å². The second kappa shape index (κ2) is 4.40. The summed E-state index contributed by atoms with van der Waals surface area (Å²) < 4.78 is 1.73. The maximum Gasteiger partial charge on any atom is 0.337 e. The molecule has 1 aromatic heterocycles. The molecular weight excluding hydrogens is 230 g/mol. The van der Waals surface area contributed by atoms with E-state index in [0.717, 1.165) is 18.9 Å². The summed E-state index contributed by atoms with van der Waals surface area (Å²) >= 11 is 0. The summed E-state index contributed by atoms with van der Waals surface area (Å²) in [6, 6.07) is 5.11. The van der Waals surface area contributed by atoms with Crippen LogP contribution in [-0.4, -0.2) is 26.1 Å². The summed E-state index contributed by atoms with van der Waals surface area (Å²) in [5.74, 6) is -0.144. The van der Waals surface area contributed by atoms with Crippen molar-refractivity contribution >= 4 is 17.0 Å². The highest BCUT2D eigenvalue weighted by atomic mass is 16.4. The van der Waals surface area contributed by atoms with Gasteiger partial charge in [0, 0.05) is 6.54 Å². The summed E-state index contributed by atoms with van der Waals surface area (Å²) in [5.41, 5.74) is 1.58. The minimum absolute atomic E-state index is 0.283. The first-order valence-corrected chi connectivity index (χ1v) is 6.31. The van der Waals surface area contributed by atoms with E-state index in [4.69, 9.17) is 0 Å². The largest absolute Gasteiger partial charge is 0.478 e. The number of para-hydroxylation sites is 1. The van der Waals surface area contributed by atoms with Crippen LogP contribution in [0.4, 0.5) is 0 Å². The molecule has 1 heterocycles. The molecule has 0 saturated heterocycles. The van der Waals surface area contributed by atoms with Crippen molar-refractivity contribution in [3.05, 3.63) is 23.8 Å². The van der Waals surface area contributed by atoms with Crippen LogP contribution in [0.2, 0.25) is 0 Å². The summed E-state index contributed by atoms with van der Waals surface area (Å²) in [6.07, 6.45) is 4.96. The Bertz CT molecular complexity index is 587. The van der Waals surface area contributed by atoms with Crippen LogP contribution in [0, 0.1) is 5.92 Å². The van der Waals surface area contributed by atoms with Gasteiger partial charge in [-0.1, -0.05) is 30.5 Å². The molecule has 0 bridgehead atoms. The normalized spacial score (nSPS) is 15.8. The monoisotopic (exact) mass is 245 g/mol. The predicted octanol–water partition coefficient (Wildman–Crippen LogP) is 2.32. The molecule has 3 rings (SSSR count). The zero-order valence-corrected chi connectivity index (χ0v) is 10.0. The van der Waals surface area contributed by atoms with E-state index in [0.29, 0.717) is 11.0 Å². The topological polar surface area (TPSA) is 68.0 Å². The molecule has 1 aliphatic carbocycles. The van der Waals surface area contributed by atoms with Gasteiger partial charge in [0.05, 0.1) is 5.56 Å². The van der Waals surface area contributed by atoms with Crippen molar-refractivity contribution in [1.29, 1.82) is 0 Å². The molecule has 5 heteroatoms. The number of carbonyl (C=O) groups is 1. The van der Waals surface area contributed by atoms with Gasteiger partial charge in [-0.25, -0.2) is 9.48 Å². The molecule has 2 aromatic rings. The van der Waals surface area contributed by atoms with Crippen LogP contribution in [0.25, 0.3) is 11.0 Å². The number of nitrogens with zero attached hydrogens (tertiary/aromatic N) is 3. The zero-order chi connectivity index (χ0) is 12.5. The first-order valence-electron chi connectivity index (χ1n) is 6.31. The number of fused-ring (bicyclic) bond motifs is 1. The zero-order valence-electron chi connectivity index (χ0n) is 10.0. The van der Waals surface area contributed by atoms with Gasteiger partial charge in [-0.15, -0.1) is 5.10 Å². The molecule has 18 heavy (non-hydrogen) atoms. The minimum atomic E-state index is -0.923. The minimum Gasteiger partial charge on any atom is -0.478 e. The molecule has 0 aliphatic heterocycles. The molecule has 0 amide bonds. The van der Waals surface area contributed by atoms with Crippen molar-refractivity contribution in [3.63, 3.8) is 0 Å². The SMILES string of the molecule is O=C(O)c1cccc2nnn(CCC3CCC3)c12. The molecule has 1 N–H and O–H groups in total. The number of carboxylic acids is 1. The third-order valence-corrected chi connectivity index (χ3v) is 3.74. The molecule has 1 aromatic carbocycles. The lowest BCUT2D eigenvalue weighted by Gasteiger charge is -2.24. The Morgan fingerprint density at radius 2 is 2.28 bits per heavy atom. The number of aromatic nitrogens is 3. The van der Waals surface area contributed by atoms with Crippen LogP contribution in [0.15, 0.2) is 18.2 Å². The quantitative estimate of drug-likeness (QED) is 0.897. The lowest BCUT2D eigenvalue weighted by molar-refractivity contribution is 0.0698. The average Bonchev–Trinajstić information content (AvgIpc) is 2.70. The number of aryl methyl sites for hydroxylation is 1. The number of hydrogen-bond acceptors (Lipinski definition) is 3. The summed E-state index contributed by atoms with van der Waals surface area (Å²) in [7, 11) is 0. The third-order valence-electron chi connectivity index (χ3n) is 3.74. The highest BCUT2D eigenvalue weighted by Gasteiger charge is 2.19. The van der Waals surface area contributed by atoms with Gasteiger partial charge in [0.2, 0.25) is 0 Å². The second-order valence-electron chi connectivity index (χ2n) is 4.88. The number of hydrogen-bond donors (Lipinski definition) is 1. The fourth-order valence-corrected chi connectivity index (χ4v) is 2.45. The van der Waals surface area contributed by atoms with Gasteiger partial charge in [0.25, 0.3) is 0 Å². The van der Waals surface area contributed by atoms with E-state index in [9.17, 15) is 9.90 Å². The molecule has 5 nitrogen and oxygen atoms in total. The standard InChI is InChI=1S/C13H15N3O2/c17-13(18)10-5-2-6-11-12(10)16(15-14-11)8-7-9-3-1-4-9/h2,5-6,9H,1,3-4,7-8H2,(H,17,18). The van der Waals surface area contributed by atoms with Gasteiger partial charge in [0.1, 0.15) is 11.0 Å². The fourth-order valence-electron chi connectivity index (χ4n) is 2.45. The van der Waals surface area contributed by atoms with Gasteiger partial charge in [-0.05, 0) is 24.5 Å². The van der Waals surface area contributed by atoms with E-state index >= 15 is 0 Å². The molecule has 0 atom stereocenters. The molecule has 0 spiro atoms. The highest BCUT2D eigenvalue weighted by molar-refractivity contribution is 6.00. The van der Waals surface area contributed by atoms with Crippen molar-refractivity contribution in [3.8, 4) is 0 Å². The van der Waals surface area contributed by atoms with Gasteiger partial charge < -0.3 is 5.11 Å². The average molecular weight is 245 g/mol. The maximum absolute atomic E-state index is 11.2. The summed E-state index contributed by atoms with van der Waals surface area (Å²) in [6.45, 7) is 0.755. The van der Waals surface area contributed by atoms with E-state index in [2.05, 4.69) is 10.3 Å². The number of carboxylic acid groups (broad SMARTS) is 1. The van der Waals surface area contributed by atoms with Gasteiger partial charge in [-0.2, -0.15) is 0 Å². The highest BCUT2D eigenvalue weighted by Crippen LogP contribution is 2.30. The van der Waals surface area contributed by atoms with E-state index in [1.165, 1.54) is 19.3 Å². The smallest absolute Gasteiger partial charge is 0.337 e. The van der Waals surface area contributed by atoms with Crippen LogP contribution in [0.3, 0.4) is 0 Å². The van der Waals surface area contributed by atoms with Crippen LogP contribution in [0.1, 0.15) is 36.0 Å². The Morgan fingerprint density at radius 1 is 1.44 bits per heavy atom. The van der Waals surface area contributed by atoms with Crippen LogP contribution >= 0.6 is 0 Å². The molecule has 1 saturated carbocycles. The van der Waals surface area contributed by atoms with Crippen LogP contribution in [0.5, 0.6) is 0 Å². The maximum atomic E-state index is 11.2. The molecule has 0 radical (unpaired) electrons. The Morgan fingerprint density at radius 3 is 2.94 bits per heavy atom. The fraction of sp³-hybridized carbons (Fsp3) is 0.462. The Kier molecular flexibility index (Phi) is 2.74. The van der Waals surface area contributed by atoms with Crippen molar-refractivity contribution in [2.24, 2.45) is 5.92 Å². The second-order valence-corrected chi connectivity index (χ2v) is 4.88. The molecule has 1 fully saturated rings. The third kappa shape index (κ3) is 1.85. The molecule has 1 aliphatic rings. The van der Waals surface area contributed by atoms with Crippen LogP contribution in [-0.2, 0) is 6.54 Å². The summed E-state index contributed by atoms with van der Waals surface area (Å²) in [5, 5.41) is 17.3. The van der Waals surface area contributed by atoms with Gasteiger partial charge in [-0.3, -0.25) is 0 Å². The number of rotatable bonds is 4.